The molecule has 0 atom stereocenters. The molecule has 9 heteroatoms. The number of hydrogen-bond donors (Lipinski definition) is 3. The third-order valence-corrected chi connectivity index (χ3v) is 3.91. The van der Waals surface area contributed by atoms with Gasteiger partial charge in [0.25, 0.3) is 5.91 Å². The van der Waals surface area contributed by atoms with Crippen molar-refractivity contribution in [2.24, 2.45) is 0 Å². The highest BCUT2D eigenvalue weighted by atomic mass is 32.1. The fourth-order valence-corrected chi connectivity index (χ4v) is 2.75. The van der Waals surface area contributed by atoms with Crippen LogP contribution in [0.15, 0.2) is 42.5 Å². The summed E-state index contributed by atoms with van der Waals surface area (Å²) in [5, 5.41) is 14.4. The molecule has 24 heavy (non-hydrogen) atoms. The number of fused-ring (bicyclic) bond motifs is 1. The molecule has 0 unspecified atom stereocenters. The molecule has 3 aromatic rings. The van der Waals surface area contributed by atoms with Gasteiger partial charge in [0.1, 0.15) is 11.0 Å². The monoisotopic (exact) mass is 358 g/mol. The molecule has 120 valence electrons. The Kier molecular flexibility index (Phi) is 4.45. The second-order valence-electron chi connectivity index (χ2n) is 4.73. The molecule has 0 spiro atoms. The molecule has 3 N–H and O–H groups in total. The van der Waals surface area contributed by atoms with Crippen LogP contribution in [-0.2, 0) is 0 Å². The molecule has 1 aromatic heterocycles. The van der Waals surface area contributed by atoms with Crippen LogP contribution in [0.5, 0.6) is 0 Å². The van der Waals surface area contributed by atoms with E-state index in [-0.39, 0.29) is 10.7 Å². The van der Waals surface area contributed by atoms with Crippen molar-refractivity contribution < 1.29 is 14.7 Å². The van der Waals surface area contributed by atoms with E-state index in [1.165, 1.54) is 6.07 Å². The fraction of sp³-hybridized carbons (Fsp3) is 0. The van der Waals surface area contributed by atoms with Crippen LogP contribution < -0.4 is 10.6 Å². The second-order valence-corrected chi connectivity index (χ2v) is 5.66. The minimum atomic E-state index is -1.09. The topological polar surface area (TPSA) is 104 Å². The minimum absolute atomic E-state index is 0.00481. The smallest absolute Gasteiger partial charge is 0.337 e. The summed E-state index contributed by atoms with van der Waals surface area (Å²) in [5.41, 5.74) is 2.08. The molecule has 0 fully saturated rings. The van der Waals surface area contributed by atoms with Crippen molar-refractivity contribution in [1.29, 1.82) is 0 Å². The van der Waals surface area contributed by atoms with Crippen molar-refractivity contribution in [3.8, 4) is 0 Å². The summed E-state index contributed by atoms with van der Waals surface area (Å²) in [5.74, 6) is -1.51. The number of anilines is 1. The molecule has 0 aliphatic carbocycles. The van der Waals surface area contributed by atoms with Crippen molar-refractivity contribution in [3.63, 3.8) is 0 Å². The molecule has 7 nitrogen and oxygen atoms in total. The van der Waals surface area contributed by atoms with E-state index in [4.69, 9.17) is 17.3 Å². The van der Waals surface area contributed by atoms with Crippen molar-refractivity contribution in [1.82, 2.24) is 14.1 Å². The Morgan fingerprint density at radius 1 is 1.08 bits per heavy atom. The van der Waals surface area contributed by atoms with Gasteiger partial charge in [-0.25, -0.2) is 4.79 Å². The number of benzene rings is 2. The summed E-state index contributed by atoms with van der Waals surface area (Å²) in [7, 11) is 0. The van der Waals surface area contributed by atoms with Gasteiger partial charge >= 0.3 is 5.97 Å². The van der Waals surface area contributed by atoms with Gasteiger partial charge in [0.2, 0.25) is 0 Å². The zero-order chi connectivity index (χ0) is 17.1. The molecule has 0 radical (unpaired) electrons. The number of thiocarbonyl (C=S) groups is 1. The van der Waals surface area contributed by atoms with Gasteiger partial charge in [0.15, 0.2) is 5.11 Å². The number of hydrogen-bond acceptors (Lipinski definition) is 6. The molecule has 1 amide bonds. The lowest BCUT2D eigenvalue weighted by Gasteiger charge is -2.11. The van der Waals surface area contributed by atoms with Crippen LogP contribution >= 0.6 is 23.9 Å². The Labute approximate surface area is 145 Å². The van der Waals surface area contributed by atoms with Gasteiger partial charge < -0.3 is 10.4 Å². The number of carboxylic acids is 1. The Hall–Kier alpha value is -2.91. The molecule has 0 aliphatic heterocycles. The average Bonchev–Trinajstić information content (AvgIpc) is 3.02. The number of aromatic nitrogens is 2. The summed E-state index contributed by atoms with van der Waals surface area (Å²) in [6.07, 6.45) is 0. The van der Waals surface area contributed by atoms with Gasteiger partial charge in [-0.15, -0.1) is 0 Å². The van der Waals surface area contributed by atoms with Gasteiger partial charge in [-0.1, -0.05) is 12.1 Å². The van der Waals surface area contributed by atoms with Crippen molar-refractivity contribution in [2.75, 3.05) is 5.32 Å². The third-order valence-electron chi connectivity index (χ3n) is 3.15. The van der Waals surface area contributed by atoms with E-state index in [1.54, 1.807) is 36.4 Å². The van der Waals surface area contributed by atoms with Crippen LogP contribution in [0, 0.1) is 0 Å². The predicted molar refractivity (Wildman–Crippen MR) is 94.5 cm³/mol. The Bertz CT molecular complexity index is 955. The first-order valence-electron chi connectivity index (χ1n) is 6.71. The molecule has 1 heterocycles. The zero-order valence-electron chi connectivity index (χ0n) is 12.0. The van der Waals surface area contributed by atoms with E-state index in [0.29, 0.717) is 22.3 Å². The van der Waals surface area contributed by atoms with Crippen molar-refractivity contribution >= 4 is 57.7 Å². The number of aromatic carboxylic acids is 1. The normalized spacial score (nSPS) is 10.3. The molecule has 0 aliphatic rings. The van der Waals surface area contributed by atoms with E-state index in [2.05, 4.69) is 19.4 Å². The highest BCUT2D eigenvalue weighted by molar-refractivity contribution is 7.80. The molecule has 0 bridgehead atoms. The fourth-order valence-electron chi connectivity index (χ4n) is 2.03. The maximum absolute atomic E-state index is 12.2. The minimum Gasteiger partial charge on any atom is -0.478 e. The molecule has 2 aromatic carbocycles. The summed E-state index contributed by atoms with van der Waals surface area (Å²) in [6, 6.07) is 11.2. The molecule has 0 saturated heterocycles. The van der Waals surface area contributed by atoms with Gasteiger partial charge in [-0.3, -0.25) is 10.1 Å². The third kappa shape index (κ3) is 3.36. The Balaban J connectivity index is 1.72. The number of rotatable bonds is 3. The highest BCUT2D eigenvalue weighted by Crippen LogP contribution is 2.15. The highest BCUT2D eigenvalue weighted by Gasteiger charge is 2.13. The number of para-hydroxylation sites is 1. The molecular formula is C15H10N4O3S2. The average molecular weight is 358 g/mol. The summed E-state index contributed by atoms with van der Waals surface area (Å²) in [6.45, 7) is 0. The van der Waals surface area contributed by atoms with E-state index in [1.807, 2.05) is 0 Å². The van der Waals surface area contributed by atoms with Crippen molar-refractivity contribution in [3.05, 3.63) is 53.6 Å². The number of carbonyl (C=O) groups is 2. The zero-order valence-corrected chi connectivity index (χ0v) is 13.6. The first-order valence-corrected chi connectivity index (χ1v) is 7.85. The van der Waals surface area contributed by atoms with Gasteiger partial charge in [-0.05, 0) is 42.5 Å². The lowest BCUT2D eigenvalue weighted by atomic mass is 10.2. The number of carboxylic acid groups (broad SMARTS) is 1. The first-order chi connectivity index (χ1) is 11.5. The van der Waals surface area contributed by atoms with Gasteiger partial charge in [0.05, 0.1) is 23.0 Å². The van der Waals surface area contributed by atoms with Crippen LogP contribution in [-0.4, -0.2) is 30.8 Å². The summed E-state index contributed by atoms with van der Waals surface area (Å²) in [4.78, 5) is 23.4. The van der Waals surface area contributed by atoms with Gasteiger partial charge in [0, 0.05) is 5.56 Å². The van der Waals surface area contributed by atoms with Crippen LogP contribution in [0.3, 0.4) is 0 Å². The standard InChI is InChI=1S/C15H10N4O3S2/c20-13(8-5-6-11-12(7-8)19-24-18-11)17-15(23)16-10-4-2-1-3-9(10)14(21)22/h1-7H,(H,21,22)(H2,16,17,20,23). The summed E-state index contributed by atoms with van der Waals surface area (Å²) >= 11 is 6.14. The van der Waals surface area contributed by atoms with E-state index in [9.17, 15) is 9.59 Å². The molecular weight excluding hydrogens is 348 g/mol. The van der Waals surface area contributed by atoms with Crippen LogP contribution in [0.4, 0.5) is 5.69 Å². The molecule has 0 saturated carbocycles. The summed E-state index contributed by atoms with van der Waals surface area (Å²) < 4.78 is 8.14. The second kappa shape index (κ2) is 6.69. The van der Waals surface area contributed by atoms with Gasteiger partial charge in [-0.2, -0.15) is 8.75 Å². The van der Waals surface area contributed by atoms with Crippen LogP contribution in [0.1, 0.15) is 20.7 Å². The quantitative estimate of drug-likeness (QED) is 0.618. The van der Waals surface area contributed by atoms with Crippen LogP contribution in [0.2, 0.25) is 0 Å². The number of nitrogens with zero attached hydrogens (tertiary/aromatic N) is 2. The van der Waals surface area contributed by atoms with Crippen LogP contribution in [0.25, 0.3) is 11.0 Å². The number of nitrogens with one attached hydrogen (secondary N) is 2. The lowest BCUT2D eigenvalue weighted by Crippen LogP contribution is -2.34. The number of amides is 1. The van der Waals surface area contributed by atoms with E-state index in [0.717, 1.165) is 11.7 Å². The Morgan fingerprint density at radius 3 is 2.62 bits per heavy atom. The SMILES string of the molecule is O=C(NC(=S)Nc1ccccc1C(=O)O)c1ccc2nsnc2c1. The van der Waals surface area contributed by atoms with E-state index >= 15 is 0 Å². The maximum Gasteiger partial charge on any atom is 0.337 e. The van der Waals surface area contributed by atoms with Crippen molar-refractivity contribution in [2.45, 2.75) is 0 Å². The number of carbonyl (C=O) groups excluding carboxylic acids is 1. The lowest BCUT2D eigenvalue weighted by molar-refractivity contribution is 0.0698. The maximum atomic E-state index is 12.2. The first kappa shape index (κ1) is 16.0. The largest absolute Gasteiger partial charge is 0.478 e. The predicted octanol–water partition coefficient (Wildman–Crippen LogP) is 2.52. The Morgan fingerprint density at radius 2 is 1.83 bits per heavy atom. The van der Waals surface area contributed by atoms with E-state index < -0.39 is 11.9 Å². The molecule has 3 rings (SSSR count).